The SMILES string of the molecule is CC(=O)O[C@]12CCCC[C@]1(C)[C@H]1CC[C@]3(C)CCC[C@H]3[C@@H]1CC2. The van der Waals surface area contributed by atoms with E-state index in [9.17, 15) is 4.79 Å². The summed E-state index contributed by atoms with van der Waals surface area (Å²) in [5, 5.41) is 0. The number of carbonyl (C=O) groups is 1. The van der Waals surface area contributed by atoms with Crippen molar-refractivity contribution in [2.75, 3.05) is 0 Å². The number of hydrogen-bond acceptors (Lipinski definition) is 2. The third-order valence-electron chi connectivity index (χ3n) is 8.82. The predicted octanol–water partition coefficient (Wildman–Crippen LogP) is 5.50. The van der Waals surface area contributed by atoms with Crippen LogP contribution in [0.1, 0.15) is 91.4 Å². The van der Waals surface area contributed by atoms with Crippen LogP contribution in [0.4, 0.5) is 0 Å². The molecule has 0 aromatic carbocycles. The van der Waals surface area contributed by atoms with Gasteiger partial charge < -0.3 is 4.74 Å². The Bertz CT molecular complexity index is 500. The van der Waals surface area contributed by atoms with Crippen molar-refractivity contribution in [2.24, 2.45) is 28.6 Å². The number of hydrogen-bond donors (Lipinski definition) is 0. The molecule has 4 aliphatic rings. The normalized spacial score (nSPS) is 52.2. The van der Waals surface area contributed by atoms with Crippen LogP contribution in [0.3, 0.4) is 0 Å². The average molecular weight is 319 g/mol. The number of ether oxygens (including phenoxy) is 1. The highest BCUT2D eigenvalue weighted by Crippen LogP contribution is 2.68. The summed E-state index contributed by atoms with van der Waals surface area (Å²) in [5.41, 5.74) is 0.696. The van der Waals surface area contributed by atoms with E-state index in [4.69, 9.17) is 4.74 Å². The Balaban J connectivity index is 1.69. The molecule has 0 aromatic heterocycles. The van der Waals surface area contributed by atoms with Crippen LogP contribution in [-0.2, 0) is 9.53 Å². The number of fused-ring (bicyclic) bond motifs is 5. The van der Waals surface area contributed by atoms with Crippen LogP contribution in [0.25, 0.3) is 0 Å². The largest absolute Gasteiger partial charge is 0.459 e. The van der Waals surface area contributed by atoms with Crippen LogP contribution >= 0.6 is 0 Å². The van der Waals surface area contributed by atoms with E-state index in [1.54, 1.807) is 6.92 Å². The van der Waals surface area contributed by atoms with Crippen molar-refractivity contribution in [1.82, 2.24) is 0 Å². The van der Waals surface area contributed by atoms with Crippen molar-refractivity contribution >= 4 is 5.97 Å². The lowest BCUT2D eigenvalue weighted by Crippen LogP contribution is -2.62. The summed E-state index contributed by atoms with van der Waals surface area (Å²) in [5.74, 6) is 2.56. The van der Waals surface area contributed by atoms with Gasteiger partial charge >= 0.3 is 5.97 Å². The van der Waals surface area contributed by atoms with Gasteiger partial charge in [0.2, 0.25) is 0 Å². The van der Waals surface area contributed by atoms with Crippen LogP contribution in [0.2, 0.25) is 0 Å². The third kappa shape index (κ3) is 2.15. The zero-order chi connectivity index (χ0) is 16.3. The van der Waals surface area contributed by atoms with Crippen molar-refractivity contribution < 1.29 is 9.53 Å². The zero-order valence-electron chi connectivity index (χ0n) is 15.3. The maximum Gasteiger partial charge on any atom is 0.303 e. The number of esters is 1. The molecule has 4 fully saturated rings. The van der Waals surface area contributed by atoms with Gasteiger partial charge in [0.05, 0.1) is 0 Å². The minimum Gasteiger partial charge on any atom is -0.459 e. The molecule has 0 heterocycles. The molecule has 0 unspecified atom stereocenters. The summed E-state index contributed by atoms with van der Waals surface area (Å²) in [4.78, 5) is 11.9. The van der Waals surface area contributed by atoms with Gasteiger partial charge in [-0.05, 0) is 81.0 Å². The summed E-state index contributed by atoms with van der Waals surface area (Å²) >= 11 is 0. The molecule has 0 aliphatic heterocycles. The van der Waals surface area contributed by atoms with E-state index >= 15 is 0 Å². The van der Waals surface area contributed by atoms with Crippen LogP contribution in [-0.4, -0.2) is 11.6 Å². The molecular weight excluding hydrogens is 284 g/mol. The molecule has 0 saturated heterocycles. The van der Waals surface area contributed by atoms with Crippen LogP contribution in [0.15, 0.2) is 0 Å². The fourth-order valence-electron chi connectivity index (χ4n) is 7.72. The van der Waals surface area contributed by atoms with Gasteiger partial charge in [0.25, 0.3) is 0 Å². The molecule has 130 valence electrons. The quantitative estimate of drug-likeness (QED) is 0.597. The highest BCUT2D eigenvalue weighted by atomic mass is 16.6. The average Bonchev–Trinajstić information content (AvgIpc) is 2.89. The van der Waals surface area contributed by atoms with Crippen molar-refractivity contribution in [1.29, 1.82) is 0 Å². The standard InChI is InChI=1S/C21H34O2/c1-15(22)23-21-12-5-4-11-20(21,3)18-9-13-19(2)10-6-7-17(19)16(18)8-14-21/h16-18H,4-14H2,1-3H3/t16-,17-,18-,19-,20+,21-/m0/s1. The lowest BCUT2D eigenvalue weighted by molar-refractivity contribution is -0.224. The van der Waals surface area contributed by atoms with Gasteiger partial charge in [0.1, 0.15) is 5.60 Å². The summed E-state index contributed by atoms with van der Waals surface area (Å²) in [6, 6.07) is 0. The molecule has 0 amide bonds. The Hall–Kier alpha value is -0.530. The van der Waals surface area contributed by atoms with Crippen LogP contribution < -0.4 is 0 Å². The Labute approximate surface area is 141 Å². The highest BCUT2D eigenvalue weighted by molar-refractivity contribution is 5.66. The summed E-state index contributed by atoms with van der Waals surface area (Å²) in [6.07, 6.45) is 14.5. The fourth-order valence-corrected chi connectivity index (χ4v) is 7.72. The lowest BCUT2D eigenvalue weighted by atomic mass is 9.44. The first-order chi connectivity index (χ1) is 10.9. The van der Waals surface area contributed by atoms with E-state index in [0.29, 0.717) is 5.41 Å². The van der Waals surface area contributed by atoms with Crippen LogP contribution in [0.5, 0.6) is 0 Å². The zero-order valence-corrected chi connectivity index (χ0v) is 15.3. The van der Waals surface area contributed by atoms with Crippen molar-refractivity contribution in [2.45, 2.75) is 97.0 Å². The van der Waals surface area contributed by atoms with E-state index in [0.717, 1.165) is 30.6 Å². The second-order valence-electron chi connectivity index (χ2n) is 9.71. The monoisotopic (exact) mass is 318 g/mol. The molecular formula is C21H34O2. The smallest absolute Gasteiger partial charge is 0.303 e. The van der Waals surface area contributed by atoms with E-state index in [-0.39, 0.29) is 17.0 Å². The molecule has 0 radical (unpaired) electrons. The van der Waals surface area contributed by atoms with Crippen molar-refractivity contribution in [3.05, 3.63) is 0 Å². The van der Waals surface area contributed by atoms with E-state index in [1.165, 1.54) is 57.8 Å². The van der Waals surface area contributed by atoms with Gasteiger partial charge in [-0.1, -0.05) is 26.7 Å². The maximum absolute atomic E-state index is 11.9. The molecule has 6 atom stereocenters. The third-order valence-corrected chi connectivity index (χ3v) is 8.82. The Morgan fingerprint density at radius 2 is 1.65 bits per heavy atom. The minimum atomic E-state index is -0.148. The topological polar surface area (TPSA) is 26.3 Å². The Morgan fingerprint density at radius 1 is 0.870 bits per heavy atom. The first-order valence-corrected chi connectivity index (χ1v) is 10.1. The van der Waals surface area contributed by atoms with Crippen molar-refractivity contribution in [3.63, 3.8) is 0 Å². The lowest BCUT2D eigenvalue weighted by Gasteiger charge is -2.64. The fraction of sp³-hybridized carbons (Fsp3) is 0.952. The van der Waals surface area contributed by atoms with Gasteiger partial charge in [0, 0.05) is 12.3 Å². The van der Waals surface area contributed by atoms with Crippen molar-refractivity contribution in [3.8, 4) is 0 Å². The molecule has 2 nitrogen and oxygen atoms in total. The van der Waals surface area contributed by atoms with Gasteiger partial charge in [-0.15, -0.1) is 0 Å². The van der Waals surface area contributed by atoms with E-state index < -0.39 is 0 Å². The van der Waals surface area contributed by atoms with Gasteiger partial charge in [-0.3, -0.25) is 4.79 Å². The predicted molar refractivity (Wildman–Crippen MR) is 92.0 cm³/mol. The summed E-state index contributed by atoms with van der Waals surface area (Å²) in [6.45, 7) is 6.67. The highest BCUT2D eigenvalue weighted by Gasteiger charge is 2.64. The van der Waals surface area contributed by atoms with Gasteiger partial charge in [-0.2, -0.15) is 0 Å². The molecule has 2 heteroatoms. The minimum absolute atomic E-state index is 0.0573. The summed E-state index contributed by atoms with van der Waals surface area (Å²) < 4.78 is 6.13. The molecule has 0 N–H and O–H groups in total. The van der Waals surface area contributed by atoms with E-state index in [2.05, 4.69) is 13.8 Å². The maximum atomic E-state index is 11.9. The first kappa shape index (κ1) is 16.0. The second kappa shape index (κ2) is 5.23. The summed E-state index contributed by atoms with van der Waals surface area (Å²) in [7, 11) is 0. The second-order valence-corrected chi connectivity index (χ2v) is 9.71. The molecule has 4 aliphatic carbocycles. The molecule has 0 bridgehead atoms. The molecule has 0 aromatic rings. The molecule has 4 saturated carbocycles. The number of carbonyl (C=O) groups excluding carboxylic acids is 1. The first-order valence-electron chi connectivity index (χ1n) is 10.1. The Morgan fingerprint density at radius 3 is 2.43 bits per heavy atom. The molecule has 4 rings (SSSR count). The van der Waals surface area contributed by atoms with Gasteiger partial charge in [0.15, 0.2) is 0 Å². The van der Waals surface area contributed by atoms with Crippen LogP contribution in [0, 0.1) is 28.6 Å². The molecule has 23 heavy (non-hydrogen) atoms. The Kier molecular flexibility index (Phi) is 3.63. The van der Waals surface area contributed by atoms with E-state index in [1.807, 2.05) is 0 Å². The number of rotatable bonds is 1. The van der Waals surface area contributed by atoms with Gasteiger partial charge in [-0.25, -0.2) is 0 Å². The molecule has 0 spiro atoms.